The lowest BCUT2D eigenvalue weighted by Gasteiger charge is -2.14. The van der Waals surface area contributed by atoms with Crippen molar-refractivity contribution >= 4 is 5.97 Å². The molecule has 0 spiro atoms. The van der Waals surface area contributed by atoms with Gasteiger partial charge in [-0.25, -0.2) is 9.18 Å². The van der Waals surface area contributed by atoms with Gasteiger partial charge in [0.05, 0.1) is 21.3 Å². The van der Waals surface area contributed by atoms with Crippen molar-refractivity contribution in [2.75, 3.05) is 21.3 Å². The van der Waals surface area contributed by atoms with Crippen LogP contribution in [-0.4, -0.2) is 32.4 Å². The van der Waals surface area contributed by atoms with Crippen LogP contribution < -0.4 is 9.47 Å². The molecule has 1 rings (SSSR count). The van der Waals surface area contributed by atoms with Gasteiger partial charge in [-0.15, -0.1) is 0 Å². The Hall–Kier alpha value is -1.82. The zero-order valence-corrected chi connectivity index (χ0v) is 9.69. The highest BCUT2D eigenvalue weighted by Crippen LogP contribution is 2.34. The molecular weight excluding hydrogens is 231 g/mol. The van der Waals surface area contributed by atoms with E-state index in [1.165, 1.54) is 26.4 Å². The van der Waals surface area contributed by atoms with Crippen LogP contribution in [0.4, 0.5) is 4.39 Å². The molecule has 0 aromatic heterocycles. The Bertz CT molecular complexity index is 419. The second-order valence-electron chi connectivity index (χ2n) is 3.13. The van der Waals surface area contributed by atoms with Crippen LogP contribution in [0.15, 0.2) is 12.1 Å². The van der Waals surface area contributed by atoms with Crippen molar-refractivity contribution in [1.82, 2.24) is 0 Å². The third kappa shape index (κ3) is 2.47. The van der Waals surface area contributed by atoms with E-state index in [1.807, 2.05) is 0 Å². The molecule has 0 amide bonds. The Morgan fingerprint density at radius 2 is 1.94 bits per heavy atom. The topological polar surface area (TPSA) is 65.0 Å². The van der Waals surface area contributed by atoms with Crippen molar-refractivity contribution < 1.29 is 28.5 Å². The van der Waals surface area contributed by atoms with Gasteiger partial charge in [-0.1, -0.05) is 0 Å². The van der Waals surface area contributed by atoms with Crippen molar-refractivity contribution in [1.29, 1.82) is 0 Å². The first-order valence-electron chi connectivity index (χ1n) is 4.73. The zero-order valence-electron chi connectivity index (χ0n) is 9.69. The summed E-state index contributed by atoms with van der Waals surface area (Å²) in [4.78, 5) is 11.1. The van der Waals surface area contributed by atoms with Gasteiger partial charge in [0.1, 0.15) is 0 Å². The fraction of sp³-hybridized carbons (Fsp3) is 0.364. The molecule has 94 valence electrons. The Kier molecular flexibility index (Phi) is 4.28. The number of hydrogen-bond acceptors (Lipinski definition) is 5. The van der Waals surface area contributed by atoms with Gasteiger partial charge in [0.2, 0.25) is 0 Å². The predicted molar refractivity (Wildman–Crippen MR) is 56.5 cm³/mol. The number of halogens is 1. The number of carbonyl (C=O) groups excluding carboxylic acids is 1. The van der Waals surface area contributed by atoms with Gasteiger partial charge in [-0.2, -0.15) is 0 Å². The minimum Gasteiger partial charge on any atom is -0.493 e. The first-order valence-corrected chi connectivity index (χ1v) is 4.73. The fourth-order valence-electron chi connectivity index (χ4n) is 1.35. The normalized spacial score (nSPS) is 11.8. The maximum atomic E-state index is 13.9. The molecular formula is C11H13FO5. The van der Waals surface area contributed by atoms with Gasteiger partial charge in [0.15, 0.2) is 23.4 Å². The van der Waals surface area contributed by atoms with Crippen LogP contribution in [0, 0.1) is 5.82 Å². The minimum atomic E-state index is -1.69. The summed E-state index contributed by atoms with van der Waals surface area (Å²) in [6.45, 7) is 0. The zero-order chi connectivity index (χ0) is 13.0. The van der Waals surface area contributed by atoms with Gasteiger partial charge < -0.3 is 19.3 Å². The van der Waals surface area contributed by atoms with Crippen molar-refractivity contribution in [2.45, 2.75) is 6.10 Å². The highest BCUT2D eigenvalue weighted by Gasteiger charge is 2.25. The summed E-state index contributed by atoms with van der Waals surface area (Å²) >= 11 is 0. The molecule has 0 radical (unpaired) electrons. The van der Waals surface area contributed by atoms with E-state index in [-0.39, 0.29) is 17.1 Å². The molecule has 17 heavy (non-hydrogen) atoms. The lowest BCUT2D eigenvalue weighted by atomic mass is 10.1. The second kappa shape index (κ2) is 5.49. The minimum absolute atomic E-state index is 0.172. The summed E-state index contributed by atoms with van der Waals surface area (Å²) in [6.07, 6.45) is -1.69. The van der Waals surface area contributed by atoms with E-state index >= 15 is 0 Å². The molecule has 0 bridgehead atoms. The summed E-state index contributed by atoms with van der Waals surface area (Å²) < 4.78 is 27.9. The number of aliphatic hydroxyl groups is 1. The van der Waals surface area contributed by atoms with Gasteiger partial charge in [0, 0.05) is 5.56 Å². The van der Waals surface area contributed by atoms with E-state index in [1.54, 1.807) is 0 Å². The second-order valence-corrected chi connectivity index (χ2v) is 3.13. The molecule has 5 nitrogen and oxygen atoms in total. The summed E-state index contributed by atoms with van der Waals surface area (Å²) in [5, 5.41) is 9.54. The van der Waals surface area contributed by atoms with Gasteiger partial charge in [0.25, 0.3) is 0 Å². The van der Waals surface area contributed by atoms with Crippen LogP contribution in [0.25, 0.3) is 0 Å². The Morgan fingerprint density at radius 3 is 2.41 bits per heavy atom. The molecule has 0 aliphatic carbocycles. The molecule has 0 aliphatic rings. The molecule has 0 saturated heterocycles. The molecule has 1 unspecified atom stereocenters. The lowest BCUT2D eigenvalue weighted by molar-refractivity contribution is -0.150. The Morgan fingerprint density at radius 1 is 1.29 bits per heavy atom. The van der Waals surface area contributed by atoms with E-state index in [0.717, 1.165) is 7.11 Å². The highest BCUT2D eigenvalue weighted by atomic mass is 19.1. The third-order valence-corrected chi connectivity index (χ3v) is 2.23. The molecule has 1 aromatic rings. The largest absolute Gasteiger partial charge is 0.493 e. The number of aliphatic hydroxyl groups excluding tert-OH is 1. The number of methoxy groups -OCH3 is 3. The molecule has 0 fully saturated rings. The van der Waals surface area contributed by atoms with E-state index in [4.69, 9.17) is 9.47 Å². The van der Waals surface area contributed by atoms with Gasteiger partial charge >= 0.3 is 5.97 Å². The van der Waals surface area contributed by atoms with E-state index in [0.29, 0.717) is 0 Å². The van der Waals surface area contributed by atoms with Crippen LogP contribution in [0.5, 0.6) is 11.5 Å². The van der Waals surface area contributed by atoms with E-state index < -0.39 is 17.9 Å². The molecule has 0 heterocycles. The van der Waals surface area contributed by atoms with Crippen LogP contribution >= 0.6 is 0 Å². The number of carbonyl (C=O) groups is 1. The summed E-state index contributed by atoms with van der Waals surface area (Å²) in [5.74, 6) is -1.81. The van der Waals surface area contributed by atoms with Gasteiger partial charge in [-0.3, -0.25) is 0 Å². The Labute approximate surface area is 97.7 Å². The Balaban J connectivity index is 3.23. The molecule has 0 saturated carbocycles. The molecule has 0 aliphatic heterocycles. The number of ether oxygens (including phenoxy) is 3. The van der Waals surface area contributed by atoms with Crippen LogP contribution in [-0.2, 0) is 9.53 Å². The monoisotopic (exact) mass is 244 g/mol. The highest BCUT2D eigenvalue weighted by molar-refractivity contribution is 5.76. The van der Waals surface area contributed by atoms with Crippen molar-refractivity contribution in [3.8, 4) is 11.5 Å². The van der Waals surface area contributed by atoms with Crippen LogP contribution in [0.3, 0.4) is 0 Å². The SMILES string of the molecule is COC(=O)C(O)c1ccc(OC)c(OC)c1F. The molecule has 1 N–H and O–H groups in total. The first kappa shape index (κ1) is 13.2. The van der Waals surface area contributed by atoms with E-state index in [9.17, 15) is 14.3 Å². The van der Waals surface area contributed by atoms with E-state index in [2.05, 4.69) is 4.74 Å². The average Bonchev–Trinajstić information content (AvgIpc) is 2.36. The molecule has 1 atom stereocenters. The average molecular weight is 244 g/mol. The van der Waals surface area contributed by atoms with Crippen molar-refractivity contribution in [2.24, 2.45) is 0 Å². The van der Waals surface area contributed by atoms with Crippen molar-refractivity contribution in [3.63, 3.8) is 0 Å². The lowest BCUT2D eigenvalue weighted by Crippen LogP contribution is -2.15. The van der Waals surface area contributed by atoms with Crippen LogP contribution in [0.2, 0.25) is 0 Å². The number of esters is 1. The third-order valence-electron chi connectivity index (χ3n) is 2.23. The summed E-state index contributed by atoms with van der Waals surface area (Å²) in [6, 6.07) is 2.63. The number of rotatable bonds is 4. The van der Waals surface area contributed by atoms with Crippen molar-refractivity contribution in [3.05, 3.63) is 23.5 Å². The quantitative estimate of drug-likeness (QED) is 0.802. The first-order chi connectivity index (χ1) is 8.06. The predicted octanol–water partition coefficient (Wildman–Crippen LogP) is 1.05. The maximum Gasteiger partial charge on any atom is 0.339 e. The number of hydrogen-bond donors (Lipinski definition) is 1. The van der Waals surface area contributed by atoms with Crippen LogP contribution in [0.1, 0.15) is 11.7 Å². The summed E-state index contributed by atoms with van der Waals surface area (Å²) in [7, 11) is 3.72. The smallest absolute Gasteiger partial charge is 0.339 e. The standard InChI is InChI=1S/C11H13FO5/c1-15-7-5-4-6(8(12)10(7)16-2)9(13)11(14)17-3/h4-5,9,13H,1-3H3. The molecule has 6 heteroatoms. The maximum absolute atomic E-state index is 13.9. The fourth-order valence-corrected chi connectivity index (χ4v) is 1.35. The number of benzene rings is 1. The molecule has 1 aromatic carbocycles. The summed E-state index contributed by atoms with van der Waals surface area (Å²) in [5.41, 5.74) is -0.227. The van der Waals surface area contributed by atoms with Gasteiger partial charge in [-0.05, 0) is 12.1 Å².